The van der Waals surface area contributed by atoms with Gasteiger partial charge in [-0.15, -0.1) is 11.3 Å². The van der Waals surface area contributed by atoms with Crippen LogP contribution >= 0.6 is 34.5 Å². The highest BCUT2D eigenvalue weighted by atomic mass is 35.5. The second-order valence-corrected chi connectivity index (χ2v) is 8.79. The Morgan fingerprint density at radius 1 is 1.33 bits per heavy atom. The molecule has 4 rings (SSSR count). The van der Waals surface area contributed by atoms with Crippen LogP contribution in [0.2, 0.25) is 10.0 Å². The molecule has 27 heavy (non-hydrogen) atoms. The third-order valence-electron chi connectivity index (χ3n) is 5.24. The smallest absolute Gasteiger partial charge is 0.271 e. The minimum atomic E-state index is -0.0340. The van der Waals surface area contributed by atoms with Crippen LogP contribution in [-0.2, 0) is 12.8 Å². The molecule has 0 bridgehead atoms. The number of nitrogens with zero attached hydrogens (tertiary/aromatic N) is 2. The Labute approximate surface area is 172 Å². The molecular formula is C20H21Cl2N3OS. The van der Waals surface area contributed by atoms with Gasteiger partial charge in [-0.25, -0.2) is 4.98 Å². The van der Waals surface area contributed by atoms with E-state index in [0.717, 1.165) is 49.7 Å². The lowest BCUT2D eigenvalue weighted by Gasteiger charge is -2.31. The molecule has 4 nitrogen and oxygen atoms in total. The van der Waals surface area contributed by atoms with Crippen LogP contribution in [-0.4, -0.2) is 33.9 Å². The van der Waals surface area contributed by atoms with Crippen LogP contribution in [0.1, 0.15) is 41.0 Å². The molecule has 1 fully saturated rings. The summed E-state index contributed by atoms with van der Waals surface area (Å²) >= 11 is 14.3. The predicted octanol–water partition coefficient (Wildman–Crippen LogP) is 5.59. The van der Waals surface area contributed by atoms with E-state index in [-0.39, 0.29) is 5.91 Å². The number of fused-ring (bicyclic) bond motifs is 1. The molecule has 0 spiro atoms. The molecule has 1 aliphatic rings. The molecule has 2 aromatic heterocycles. The van der Waals surface area contributed by atoms with Gasteiger partial charge >= 0.3 is 0 Å². The van der Waals surface area contributed by atoms with Gasteiger partial charge in [0, 0.05) is 40.8 Å². The van der Waals surface area contributed by atoms with Crippen molar-refractivity contribution < 1.29 is 4.79 Å². The number of likely N-dealkylation sites (tertiary alicyclic amines) is 1. The van der Waals surface area contributed by atoms with Gasteiger partial charge in [-0.1, -0.05) is 30.1 Å². The molecule has 3 heterocycles. The molecule has 7 heteroatoms. The lowest BCUT2D eigenvalue weighted by atomic mass is 9.93. The summed E-state index contributed by atoms with van der Waals surface area (Å²) in [6.07, 6.45) is 3.99. The summed E-state index contributed by atoms with van der Waals surface area (Å²) in [4.78, 5) is 22.7. The molecule has 0 atom stereocenters. The molecule has 1 aromatic carbocycles. The molecule has 0 radical (unpaired) electrons. The molecule has 0 unspecified atom stereocenters. The van der Waals surface area contributed by atoms with E-state index in [1.165, 1.54) is 10.7 Å². The van der Waals surface area contributed by atoms with E-state index >= 15 is 0 Å². The zero-order chi connectivity index (χ0) is 19.0. The molecule has 1 aliphatic heterocycles. The van der Waals surface area contributed by atoms with Crippen LogP contribution in [0.4, 0.5) is 0 Å². The topological polar surface area (TPSA) is 49.0 Å². The third-order valence-corrected chi connectivity index (χ3v) is 6.79. The average molecular weight is 422 g/mol. The van der Waals surface area contributed by atoms with E-state index in [9.17, 15) is 4.79 Å². The van der Waals surface area contributed by atoms with Crippen LogP contribution in [0.15, 0.2) is 23.6 Å². The predicted molar refractivity (Wildman–Crippen MR) is 112 cm³/mol. The number of aryl methyl sites for hydroxylation is 1. The van der Waals surface area contributed by atoms with E-state index < -0.39 is 0 Å². The summed E-state index contributed by atoms with van der Waals surface area (Å²) in [5.41, 5.74) is 2.47. The van der Waals surface area contributed by atoms with Crippen molar-refractivity contribution in [3.05, 3.63) is 50.0 Å². The first kappa shape index (κ1) is 18.8. The maximum Gasteiger partial charge on any atom is 0.271 e. The van der Waals surface area contributed by atoms with Crippen LogP contribution in [0.3, 0.4) is 0 Å². The number of nitrogens with one attached hydrogen (secondary N) is 1. The number of amides is 1. The lowest BCUT2D eigenvalue weighted by molar-refractivity contribution is 0.0686. The highest BCUT2D eigenvalue weighted by Gasteiger charge is 2.27. The molecule has 0 saturated carbocycles. The Morgan fingerprint density at radius 3 is 2.81 bits per heavy atom. The van der Waals surface area contributed by atoms with E-state index in [0.29, 0.717) is 21.7 Å². The van der Waals surface area contributed by atoms with Gasteiger partial charge in [-0.05, 0) is 43.4 Å². The number of carbonyl (C=O) groups excluding carboxylic acids is 1. The van der Waals surface area contributed by atoms with Crippen molar-refractivity contribution in [2.24, 2.45) is 5.92 Å². The largest absolute Gasteiger partial charge is 0.349 e. The number of carbonyl (C=O) groups is 1. The summed E-state index contributed by atoms with van der Waals surface area (Å²) in [5, 5.41) is 5.22. The Balaban J connectivity index is 1.42. The summed E-state index contributed by atoms with van der Waals surface area (Å²) in [5.74, 6) is 0.551. The summed E-state index contributed by atoms with van der Waals surface area (Å²) in [6.45, 7) is 3.63. The zero-order valence-corrected chi connectivity index (χ0v) is 17.4. The van der Waals surface area contributed by atoms with E-state index in [2.05, 4.69) is 22.3 Å². The van der Waals surface area contributed by atoms with Crippen molar-refractivity contribution in [1.29, 1.82) is 0 Å². The highest BCUT2D eigenvalue weighted by Crippen LogP contribution is 2.31. The van der Waals surface area contributed by atoms with Gasteiger partial charge < -0.3 is 9.88 Å². The summed E-state index contributed by atoms with van der Waals surface area (Å²) in [6, 6.07) is 5.43. The van der Waals surface area contributed by atoms with Gasteiger partial charge in [-0.2, -0.15) is 0 Å². The van der Waals surface area contributed by atoms with Gasteiger partial charge in [-0.3, -0.25) is 4.79 Å². The molecule has 142 valence electrons. The van der Waals surface area contributed by atoms with Gasteiger partial charge in [0.25, 0.3) is 5.91 Å². The molecular weight excluding hydrogens is 401 g/mol. The van der Waals surface area contributed by atoms with Gasteiger partial charge in [0.1, 0.15) is 5.69 Å². The number of aromatic amines is 1. The highest BCUT2D eigenvalue weighted by molar-refractivity contribution is 7.09. The van der Waals surface area contributed by atoms with Crippen molar-refractivity contribution in [2.75, 3.05) is 13.1 Å². The monoisotopic (exact) mass is 421 g/mol. The second kappa shape index (κ2) is 7.82. The fraction of sp³-hybridized carbons (Fsp3) is 0.400. The Kier molecular flexibility index (Phi) is 5.44. The Hall–Kier alpha value is -1.56. The van der Waals surface area contributed by atoms with Crippen molar-refractivity contribution in [1.82, 2.24) is 14.9 Å². The maximum absolute atomic E-state index is 12.9. The van der Waals surface area contributed by atoms with Crippen molar-refractivity contribution in [3.8, 4) is 0 Å². The fourth-order valence-corrected chi connectivity index (χ4v) is 5.08. The molecule has 3 aromatic rings. The first-order chi connectivity index (χ1) is 13.0. The number of rotatable bonds is 4. The SMILES string of the molecule is CCc1csc(CC2CCN(C(=O)c3[nH]c4ccc(Cl)cc4c3Cl)CC2)n1. The normalized spacial score (nSPS) is 15.6. The zero-order valence-electron chi connectivity index (χ0n) is 15.1. The number of benzene rings is 1. The van der Waals surface area contributed by atoms with Gasteiger partial charge in [0.2, 0.25) is 0 Å². The average Bonchev–Trinajstić information content (AvgIpc) is 3.26. The minimum Gasteiger partial charge on any atom is -0.349 e. The van der Waals surface area contributed by atoms with Crippen LogP contribution < -0.4 is 0 Å². The van der Waals surface area contributed by atoms with Crippen molar-refractivity contribution >= 4 is 51.3 Å². The third kappa shape index (κ3) is 3.86. The van der Waals surface area contributed by atoms with Crippen LogP contribution in [0.25, 0.3) is 10.9 Å². The fourth-order valence-electron chi connectivity index (χ4n) is 3.63. The van der Waals surface area contributed by atoms with E-state index in [1.54, 1.807) is 23.5 Å². The second-order valence-electron chi connectivity index (χ2n) is 7.03. The Bertz CT molecular complexity index is 973. The maximum atomic E-state index is 12.9. The lowest BCUT2D eigenvalue weighted by Crippen LogP contribution is -2.39. The number of halogens is 2. The molecule has 1 N–H and O–H groups in total. The van der Waals surface area contributed by atoms with E-state index in [1.807, 2.05) is 11.0 Å². The quantitative estimate of drug-likeness (QED) is 0.596. The minimum absolute atomic E-state index is 0.0340. The number of aromatic nitrogens is 2. The van der Waals surface area contributed by atoms with E-state index in [4.69, 9.17) is 23.2 Å². The summed E-state index contributed by atoms with van der Waals surface area (Å²) < 4.78 is 0. The van der Waals surface area contributed by atoms with Gasteiger partial charge in [0.05, 0.1) is 15.7 Å². The standard InChI is InChI=1S/C20H21Cl2N3OS/c1-2-14-11-27-17(23-14)9-12-5-7-25(8-6-12)20(26)19-18(22)15-10-13(21)3-4-16(15)24-19/h3-4,10-12,24H,2,5-9H2,1H3. The van der Waals surface area contributed by atoms with Crippen molar-refractivity contribution in [2.45, 2.75) is 32.6 Å². The first-order valence-corrected chi connectivity index (χ1v) is 10.9. The molecule has 1 saturated heterocycles. The van der Waals surface area contributed by atoms with Crippen LogP contribution in [0.5, 0.6) is 0 Å². The van der Waals surface area contributed by atoms with Crippen molar-refractivity contribution in [3.63, 3.8) is 0 Å². The molecule has 0 aliphatic carbocycles. The van der Waals surface area contributed by atoms with Gasteiger partial charge in [0.15, 0.2) is 0 Å². The number of hydrogen-bond donors (Lipinski definition) is 1. The molecule has 1 amide bonds. The first-order valence-electron chi connectivity index (χ1n) is 9.24. The number of H-pyrrole nitrogens is 1. The Morgan fingerprint density at radius 2 is 2.11 bits per heavy atom. The van der Waals surface area contributed by atoms with Crippen LogP contribution in [0, 0.1) is 5.92 Å². The number of thiazole rings is 1. The number of piperidine rings is 1. The number of hydrogen-bond acceptors (Lipinski definition) is 3. The summed E-state index contributed by atoms with van der Waals surface area (Å²) in [7, 11) is 0.